The monoisotopic (exact) mass is 748 g/mol. The lowest BCUT2D eigenvalue weighted by Crippen LogP contribution is -2.37. The van der Waals surface area contributed by atoms with Crippen LogP contribution in [-0.4, -0.2) is 70.7 Å². The Morgan fingerprint density at radius 3 is 1.29 bits per heavy atom. The lowest BCUT2D eigenvalue weighted by molar-refractivity contribution is -0.870. The van der Waals surface area contributed by atoms with Gasteiger partial charge in [-0.15, -0.1) is 0 Å². The maximum Gasteiger partial charge on any atom is 0.306 e. The lowest BCUT2D eigenvalue weighted by Gasteiger charge is -2.28. The van der Waals surface area contributed by atoms with E-state index < -0.39 is 13.9 Å². The molecule has 0 N–H and O–H groups in total. The molecule has 9 heteroatoms. The molecule has 0 rings (SSSR count). The molecule has 0 saturated heterocycles. The second-order valence-electron chi connectivity index (χ2n) is 16.1. The fourth-order valence-corrected chi connectivity index (χ4v) is 6.98. The number of esters is 1. The molecule has 0 spiro atoms. The van der Waals surface area contributed by atoms with E-state index in [0.717, 1.165) is 32.1 Å². The summed E-state index contributed by atoms with van der Waals surface area (Å²) in [5.74, 6) is -0.330. The summed E-state index contributed by atoms with van der Waals surface area (Å²) in [6.45, 7) is 5.46. The Kier molecular flexibility index (Phi) is 36.1. The number of unbranched alkanes of at least 4 members (excludes halogenated alkanes) is 27. The average Bonchev–Trinajstić information content (AvgIpc) is 3.08. The largest absolute Gasteiger partial charge is 0.756 e. The smallest absolute Gasteiger partial charge is 0.306 e. The predicted molar refractivity (Wildman–Crippen MR) is 213 cm³/mol. The van der Waals surface area contributed by atoms with Crippen molar-refractivity contribution >= 4 is 13.8 Å². The van der Waals surface area contributed by atoms with Crippen molar-refractivity contribution in [3.63, 3.8) is 0 Å². The molecule has 51 heavy (non-hydrogen) atoms. The molecule has 306 valence electrons. The van der Waals surface area contributed by atoms with Crippen LogP contribution in [0.15, 0.2) is 0 Å². The molecule has 0 aliphatic carbocycles. The van der Waals surface area contributed by atoms with Gasteiger partial charge < -0.3 is 27.9 Å². The first-order chi connectivity index (χ1) is 24.6. The van der Waals surface area contributed by atoms with Crippen molar-refractivity contribution in [1.29, 1.82) is 0 Å². The highest BCUT2D eigenvalue weighted by atomic mass is 31.2. The van der Waals surface area contributed by atoms with Gasteiger partial charge in [-0.2, -0.15) is 0 Å². The minimum absolute atomic E-state index is 0.0312. The van der Waals surface area contributed by atoms with Gasteiger partial charge in [0.25, 0.3) is 7.82 Å². The standard InChI is InChI=1S/C42H86NO7P/c1-6-8-10-12-14-16-18-20-21-22-23-24-26-28-30-32-34-37-47-39-41(40-49-51(45,46)48-38-36-43(3,4)5)50-42(44)35-33-31-29-27-25-19-17-15-13-11-9-7-2/h41H,6-40H2,1-5H3. The number of nitrogens with zero attached hydrogens (tertiary/aromatic N) is 1. The number of likely N-dealkylation sites (N-methyl/N-ethyl adjacent to an activating group) is 1. The molecule has 0 saturated carbocycles. The number of rotatable bonds is 41. The number of quaternary nitrogens is 1. The molecule has 0 heterocycles. The van der Waals surface area contributed by atoms with Gasteiger partial charge >= 0.3 is 5.97 Å². The van der Waals surface area contributed by atoms with E-state index in [0.29, 0.717) is 24.1 Å². The molecule has 8 nitrogen and oxygen atoms in total. The van der Waals surface area contributed by atoms with Crippen LogP contribution in [0.3, 0.4) is 0 Å². The van der Waals surface area contributed by atoms with Crippen molar-refractivity contribution < 1.29 is 37.3 Å². The summed E-state index contributed by atoms with van der Waals surface area (Å²) in [4.78, 5) is 25.0. The van der Waals surface area contributed by atoms with Crippen LogP contribution in [0, 0.1) is 0 Å². The third-order valence-corrected chi connectivity index (χ3v) is 10.6. The first-order valence-corrected chi connectivity index (χ1v) is 23.2. The van der Waals surface area contributed by atoms with Crippen LogP contribution in [0.2, 0.25) is 0 Å². The van der Waals surface area contributed by atoms with E-state index in [2.05, 4.69) is 13.8 Å². The van der Waals surface area contributed by atoms with E-state index in [1.807, 2.05) is 21.1 Å². The van der Waals surface area contributed by atoms with Crippen molar-refractivity contribution in [2.24, 2.45) is 0 Å². The zero-order valence-corrected chi connectivity index (χ0v) is 35.5. The van der Waals surface area contributed by atoms with Crippen molar-refractivity contribution in [3.8, 4) is 0 Å². The highest BCUT2D eigenvalue weighted by Crippen LogP contribution is 2.38. The quantitative estimate of drug-likeness (QED) is 0.0266. The third kappa shape index (κ3) is 40.5. The fourth-order valence-electron chi connectivity index (χ4n) is 6.25. The molecule has 0 amide bonds. The molecular formula is C42H86NO7P. The maximum atomic E-state index is 12.6. The fraction of sp³-hybridized carbons (Fsp3) is 0.976. The van der Waals surface area contributed by atoms with Gasteiger partial charge in [0.1, 0.15) is 19.3 Å². The van der Waals surface area contributed by atoms with Crippen LogP contribution < -0.4 is 4.89 Å². The molecule has 2 unspecified atom stereocenters. The van der Waals surface area contributed by atoms with E-state index in [1.54, 1.807) is 0 Å². The van der Waals surface area contributed by atoms with Crippen molar-refractivity contribution in [3.05, 3.63) is 0 Å². The summed E-state index contributed by atoms with van der Waals surface area (Å²) in [6, 6.07) is 0. The van der Waals surface area contributed by atoms with Crippen molar-refractivity contribution in [2.45, 2.75) is 213 Å². The van der Waals surface area contributed by atoms with Gasteiger partial charge in [-0.3, -0.25) is 9.36 Å². The number of hydrogen-bond donors (Lipinski definition) is 0. The molecule has 0 fully saturated rings. The number of phosphoric acid groups is 1. The number of phosphoric ester groups is 1. The lowest BCUT2D eigenvalue weighted by atomic mass is 10.0. The zero-order chi connectivity index (χ0) is 37.7. The predicted octanol–water partition coefficient (Wildman–Crippen LogP) is 11.9. The highest BCUT2D eigenvalue weighted by molar-refractivity contribution is 7.45. The highest BCUT2D eigenvalue weighted by Gasteiger charge is 2.20. The van der Waals surface area contributed by atoms with Gasteiger partial charge in [0.05, 0.1) is 34.4 Å². The summed E-state index contributed by atoms with van der Waals surface area (Å²) >= 11 is 0. The number of carbonyl (C=O) groups excluding carboxylic acids is 1. The van der Waals surface area contributed by atoms with Crippen LogP contribution in [0.5, 0.6) is 0 Å². The first kappa shape index (κ1) is 50.5. The zero-order valence-electron chi connectivity index (χ0n) is 34.6. The Hall–Kier alpha value is -0.500. The van der Waals surface area contributed by atoms with Gasteiger partial charge in [-0.05, 0) is 12.8 Å². The Balaban J connectivity index is 4.17. The topological polar surface area (TPSA) is 94.1 Å². The Bertz CT molecular complexity index is 792. The van der Waals surface area contributed by atoms with Gasteiger partial charge in [-0.1, -0.05) is 187 Å². The van der Waals surface area contributed by atoms with E-state index in [4.69, 9.17) is 18.5 Å². The summed E-state index contributed by atoms with van der Waals surface area (Å²) < 4.78 is 34.6. The van der Waals surface area contributed by atoms with Gasteiger partial charge in [0, 0.05) is 13.0 Å². The van der Waals surface area contributed by atoms with E-state index in [1.165, 1.54) is 154 Å². The SMILES string of the molecule is CCCCCCCCCCCCCCCCCCCOCC(COP(=O)([O-])OCC[N+](C)(C)C)OC(=O)CCCCCCCCCCCCCC. The van der Waals surface area contributed by atoms with Crippen molar-refractivity contribution in [2.75, 3.05) is 54.1 Å². The van der Waals surface area contributed by atoms with E-state index >= 15 is 0 Å². The average molecular weight is 748 g/mol. The van der Waals surface area contributed by atoms with E-state index in [9.17, 15) is 14.3 Å². The van der Waals surface area contributed by atoms with Crippen LogP contribution in [0.25, 0.3) is 0 Å². The molecule has 2 atom stereocenters. The van der Waals surface area contributed by atoms with Crippen molar-refractivity contribution in [1.82, 2.24) is 0 Å². The minimum Gasteiger partial charge on any atom is -0.756 e. The van der Waals surface area contributed by atoms with Crippen LogP contribution in [0.1, 0.15) is 206 Å². The normalized spacial score (nSPS) is 13.8. The molecule has 0 aliphatic rings. The summed E-state index contributed by atoms with van der Waals surface area (Å²) in [6.07, 6.45) is 36.8. The molecular weight excluding hydrogens is 661 g/mol. The molecule has 0 radical (unpaired) electrons. The molecule has 0 aromatic rings. The maximum absolute atomic E-state index is 12.6. The number of carbonyl (C=O) groups is 1. The number of ether oxygens (including phenoxy) is 2. The van der Waals surface area contributed by atoms with Gasteiger partial charge in [0.15, 0.2) is 0 Å². The second kappa shape index (κ2) is 36.5. The third-order valence-electron chi connectivity index (χ3n) is 9.66. The molecule has 0 aromatic carbocycles. The van der Waals surface area contributed by atoms with Gasteiger partial charge in [0.2, 0.25) is 0 Å². The van der Waals surface area contributed by atoms with Crippen LogP contribution >= 0.6 is 7.82 Å². The Morgan fingerprint density at radius 2 is 0.902 bits per heavy atom. The molecule has 0 aliphatic heterocycles. The number of hydrogen-bond acceptors (Lipinski definition) is 7. The summed E-state index contributed by atoms with van der Waals surface area (Å²) in [5.41, 5.74) is 0. The van der Waals surface area contributed by atoms with Crippen LogP contribution in [0.4, 0.5) is 0 Å². The van der Waals surface area contributed by atoms with Gasteiger partial charge in [-0.25, -0.2) is 0 Å². The molecule has 0 bridgehead atoms. The Morgan fingerprint density at radius 1 is 0.529 bits per heavy atom. The van der Waals surface area contributed by atoms with E-state index in [-0.39, 0.29) is 25.8 Å². The minimum atomic E-state index is -4.51. The Labute approximate surface area is 317 Å². The molecule has 0 aromatic heterocycles. The second-order valence-corrected chi connectivity index (χ2v) is 17.5. The summed E-state index contributed by atoms with van der Waals surface area (Å²) in [5, 5.41) is 0. The summed E-state index contributed by atoms with van der Waals surface area (Å²) in [7, 11) is 1.37. The first-order valence-electron chi connectivity index (χ1n) is 21.8. The van der Waals surface area contributed by atoms with Crippen LogP contribution in [-0.2, 0) is 27.9 Å².